The number of hydrogen-bond donors (Lipinski definition) is 0. The van der Waals surface area contributed by atoms with Gasteiger partial charge in [0, 0.05) is 36.1 Å². The average Bonchev–Trinajstić information content (AvgIpc) is 2.64. The van der Waals surface area contributed by atoms with Gasteiger partial charge in [-0.3, -0.25) is 4.99 Å². The number of anilines is 1. The van der Waals surface area contributed by atoms with Gasteiger partial charge in [-0.25, -0.2) is 0 Å². The van der Waals surface area contributed by atoms with Crippen molar-refractivity contribution >= 4 is 23.2 Å². The predicted octanol–water partition coefficient (Wildman–Crippen LogP) is 6.20. The monoisotopic (exact) mass is 362 g/mol. The van der Waals surface area contributed by atoms with Gasteiger partial charge >= 0.3 is 0 Å². The van der Waals surface area contributed by atoms with Crippen LogP contribution < -0.4 is 9.64 Å². The molecule has 2 aromatic carbocycles. The van der Waals surface area contributed by atoms with Crippen molar-refractivity contribution in [2.24, 2.45) is 4.99 Å². The van der Waals surface area contributed by atoms with Crippen molar-refractivity contribution in [1.29, 1.82) is 0 Å². The second kappa shape index (κ2) is 7.22. The average molecular weight is 363 g/mol. The van der Waals surface area contributed by atoms with Crippen molar-refractivity contribution in [3.8, 4) is 5.75 Å². The number of nitrogens with zero attached hydrogens (tertiary/aromatic N) is 2. The van der Waals surface area contributed by atoms with E-state index in [9.17, 15) is 0 Å². The first-order valence-electron chi connectivity index (χ1n) is 9.52. The minimum atomic E-state index is -0.0180. The van der Waals surface area contributed by atoms with Gasteiger partial charge < -0.3 is 9.64 Å². The quantitative estimate of drug-likeness (QED) is 0.605. The summed E-state index contributed by atoms with van der Waals surface area (Å²) in [6.45, 7) is 11.0. The third kappa shape index (κ3) is 3.78. The third-order valence-corrected chi connectivity index (χ3v) is 5.48. The van der Waals surface area contributed by atoms with Gasteiger partial charge in [0.15, 0.2) is 0 Å². The van der Waals surface area contributed by atoms with Crippen LogP contribution >= 0.6 is 0 Å². The van der Waals surface area contributed by atoms with Crippen LogP contribution in [0.3, 0.4) is 0 Å². The van der Waals surface area contributed by atoms with Crippen molar-refractivity contribution in [2.75, 3.05) is 19.1 Å². The molecule has 0 atom stereocenters. The van der Waals surface area contributed by atoms with Crippen LogP contribution in [0.5, 0.6) is 5.75 Å². The fourth-order valence-corrected chi connectivity index (χ4v) is 3.56. The summed E-state index contributed by atoms with van der Waals surface area (Å²) < 4.78 is 5.66. The number of fused-ring (bicyclic) bond motifs is 1. The standard InChI is InChI=1S/C24H30N2O/c1-16(2)18-8-10-20(11-9-18)25-15-19-12-21-17(3)14-24(4,5)26(6)22(21)13-23(19)27-7/h8-16H,1-7H3. The Kier molecular flexibility index (Phi) is 5.14. The Morgan fingerprint density at radius 3 is 2.37 bits per heavy atom. The Balaban J connectivity index is 1.98. The van der Waals surface area contributed by atoms with Crippen LogP contribution in [0.1, 0.15) is 57.2 Å². The number of aliphatic imine (C=N–C) groups is 1. The Labute approximate surface area is 163 Å². The van der Waals surface area contributed by atoms with E-state index in [0.717, 1.165) is 17.0 Å². The smallest absolute Gasteiger partial charge is 0.129 e. The number of hydrogen-bond acceptors (Lipinski definition) is 3. The van der Waals surface area contributed by atoms with E-state index in [0.29, 0.717) is 5.92 Å². The molecule has 1 aliphatic heterocycles. The number of allylic oxidation sites excluding steroid dienone is 1. The molecule has 0 unspecified atom stereocenters. The van der Waals surface area contributed by atoms with Gasteiger partial charge in [-0.1, -0.05) is 32.1 Å². The summed E-state index contributed by atoms with van der Waals surface area (Å²) in [6, 6.07) is 12.7. The summed E-state index contributed by atoms with van der Waals surface area (Å²) in [6.07, 6.45) is 4.21. The minimum absolute atomic E-state index is 0.0180. The largest absolute Gasteiger partial charge is 0.496 e. The molecule has 0 N–H and O–H groups in total. The molecule has 0 radical (unpaired) electrons. The van der Waals surface area contributed by atoms with Crippen LogP contribution in [0.15, 0.2) is 47.5 Å². The van der Waals surface area contributed by atoms with Crippen molar-refractivity contribution in [3.63, 3.8) is 0 Å². The molecule has 142 valence electrons. The maximum absolute atomic E-state index is 5.66. The van der Waals surface area contributed by atoms with Gasteiger partial charge in [0.25, 0.3) is 0 Å². The van der Waals surface area contributed by atoms with Gasteiger partial charge in [0.1, 0.15) is 5.75 Å². The molecule has 0 spiro atoms. The predicted molar refractivity (Wildman–Crippen MR) is 117 cm³/mol. The second-order valence-electron chi connectivity index (χ2n) is 8.16. The van der Waals surface area contributed by atoms with Crippen molar-refractivity contribution in [3.05, 3.63) is 59.2 Å². The Hall–Kier alpha value is -2.55. The van der Waals surface area contributed by atoms with E-state index in [1.54, 1.807) is 7.11 Å². The third-order valence-electron chi connectivity index (χ3n) is 5.48. The van der Waals surface area contributed by atoms with Crippen molar-refractivity contribution < 1.29 is 4.74 Å². The Morgan fingerprint density at radius 2 is 1.78 bits per heavy atom. The summed E-state index contributed by atoms with van der Waals surface area (Å²) in [5.74, 6) is 1.37. The molecule has 1 aliphatic rings. The number of benzene rings is 2. The normalized spacial score (nSPS) is 15.9. The fraction of sp³-hybridized carbons (Fsp3) is 0.375. The van der Waals surface area contributed by atoms with Gasteiger partial charge in [-0.15, -0.1) is 0 Å². The van der Waals surface area contributed by atoms with Crippen molar-refractivity contribution in [2.45, 2.75) is 46.1 Å². The number of likely N-dealkylation sites (N-methyl/N-ethyl adjacent to an activating group) is 1. The van der Waals surface area contributed by atoms with E-state index in [4.69, 9.17) is 4.74 Å². The molecule has 0 fully saturated rings. The molecule has 0 saturated carbocycles. The molecule has 0 amide bonds. The van der Waals surface area contributed by atoms with Gasteiger partial charge in [-0.2, -0.15) is 0 Å². The van der Waals surface area contributed by atoms with Crippen LogP contribution in [0.2, 0.25) is 0 Å². The number of rotatable bonds is 4. The number of methoxy groups -OCH3 is 1. The first-order chi connectivity index (χ1) is 12.7. The highest BCUT2D eigenvalue weighted by Gasteiger charge is 2.29. The van der Waals surface area contributed by atoms with E-state index >= 15 is 0 Å². The first-order valence-corrected chi connectivity index (χ1v) is 9.52. The molecular formula is C24H30N2O. The first kappa shape index (κ1) is 19.2. The maximum Gasteiger partial charge on any atom is 0.129 e. The highest BCUT2D eigenvalue weighted by Crippen LogP contribution is 2.41. The topological polar surface area (TPSA) is 24.8 Å². The highest BCUT2D eigenvalue weighted by molar-refractivity contribution is 5.91. The van der Waals surface area contributed by atoms with Crippen molar-refractivity contribution in [1.82, 2.24) is 0 Å². The van der Waals surface area contributed by atoms with Crippen LogP contribution in [0.4, 0.5) is 11.4 Å². The highest BCUT2D eigenvalue weighted by atomic mass is 16.5. The molecule has 27 heavy (non-hydrogen) atoms. The molecule has 3 nitrogen and oxygen atoms in total. The van der Waals surface area contributed by atoms with Crippen LogP contribution in [-0.2, 0) is 0 Å². The molecule has 0 aliphatic carbocycles. The van der Waals surface area contributed by atoms with E-state index < -0.39 is 0 Å². The lowest BCUT2D eigenvalue weighted by Gasteiger charge is -2.40. The molecule has 3 rings (SSSR count). The zero-order valence-electron chi connectivity index (χ0n) is 17.5. The summed E-state index contributed by atoms with van der Waals surface area (Å²) >= 11 is 0. The van der Waals surface area contributed by atoms with E-state index in [-0.39, 0.29) is 5.54 Å². The Bertz CT molecular complexity index is 889. The second-order valence-corrected chi connectivity index (χ2v) is 8.16. The summed E-state index contributed by atoms with van der Waals surface area (Å²) in [5, 5.41) is 0. The van der Waals surface area contributed by atoms with E-state index in [1.807, 2.05) is 6.21 Å². The van der Waals surface area contributed by atoms with E-state index in [2.05, 4.69) is 94.0 Å². The molecule has 1 heterocycles. The van der Waals surface area contributed by atoms with Crippen LogP contribution in [0.25, 0.3) is 5.57 Å². The van der Waals surface area contributed by atoms with Gasteiger partial charge in [0.2, 0.25) is 0 Å². The van der Waals surface area contributed by atoms with Crippen LogP contribution in [-0.4, -0.2) is 25.9 Å². The SMILES string of the molecule is COc1cc2c(cc1C=Nc1ccc(C(C)C)cc1)C(C)=CC(C)(C)N2C. The lowest BCUT2D eigenvalue weighted by Crippen LogP contribution is -2.42. The lowest BCUT2D eigenvalue weighted by molar-refractivity contribution is 0.414. The fourth-order valence-electron chi connectivity index (χ4n) is 3.56. The Morgan fingerprint density at radius 1 is 1.11 bits per heavy atom. The van der Waals surface area contributed by atoms with Gasteiger partial charge in [-0.05, 0) is 56.0 Å². The molecule has 3 heteroatoms. The van der Waals surface area contributed by atoms with Gasteiger partial charge in [0.05, 0.1) is 18.3 Å². The minimum Gasteiger partial charge on any atom is -0.496 e. The zero-order valence-corrected chi connectivity index (χ0v) is 17.5. The zero-order chi connectivity index (χ0) is 19.8. The van der Waals surface area contributed by atoms with E-state index in [1.165, 1.54) is 22.4 Å². The number of ether oxygens (including phenoxy) is 1. The lowest BCUT2D eigenvalue weighted by atomic mass is 9.88. The molecule has 0 bridgehead atoms. The summed E-state index contributed by atoms with van der Waals surface area (Å²) in [7, 11) is 3.85. The molecule has 2 aromatic rings. The maximum atomic E-state index is 5.66. The molecule has 0 saturated heterocycles. The van der Waals surface area contributed by atoms with Crippen LogP contribution in [0, 0.1) is 0 Å². The molecule has 0 aromatic heterocycles. The summed E-state index contributed by atoms with van der Waals surface area (Å²) in [5.41, 5.74) is 6.95. The summed E-state index contributed by atoms with van der Waals surface area (Å²) in [4.78, 5) is 6.96. The molecular weight excluding hydrogens is 332 g/mol.